The van der Waals surface area contributed by atoms with Gasteiger partial charge >= 0.3 is 5.97 Å². The summed E-state index contributed by atoms with van der Waals surface area (Å²) in [5.74, 6) is -0.0380. The van der Waals surface area contributed by atoms with Gasteiger partial charge in [0, 0.05) is 18.5 Å². The van der Waals surface area contributed by atoms with Crippen LogP contribution >= 0.6 is 0 Å². The minimum atomic E-state index is -0.928. The number of carboxylic acid groups (broad SMARTS) is 1. The second-order valence-corrected chi connectivity index (χ2v) is 4.93. The Labute approximate surface area is 116 Å². The van der Waals surface area contributed by atoms with Gasteiger partial charge < -0.3 is 14.7 Å². The number of hydrogen-bond acceptors (Lipinski definition) is 4. The Kier molecular flexibility index (Phi) is 3.28. The number of rotatable bonds is 2. The zero-order chi connectivity index (χ0) is 14.1. The van der Waals surface area contributed by atoms with Crippen LogP contribution in [0.4, 0.5) is 5.82 Å². The highest BCUT2D eigenvalue weighted by Crippen LogP contribution is 2.24. The molecular weight excluding hydrogens is 256 g/mol. The number of aryl methyl sites for hydroxylation is 1. The molecule has 1 N–H and O–H groups in total. The number of benzene rings is 1. The number of carboxylic acids is 1. The fourth-order valence-electron chi connectivity index (χ4n) is 2.47. The van der Waals surface area contributed by atoms with E-state index in [-0.39, 0.29) is 5.56 Å². The Morgan fingerprint density at radius 2 is 2.05 bits per heavy atom. The fourth-order valence-corrected chi connectivity index (χ4v) is 2.47. The highest BCUT2D eigenvalue weighted by molar-refractivity contribution is 5.94. The summed E-state index contributed by atoms with van der Waals surface area (Å²) in [5.41, 5.74) is 2.10. The first-order chi connectivity index (χ1) is 9.65. The maximum atomic E-state index is 11.1. The first kappa shape index (κ1) is 12.9. The molecule has 1 aliphatic heterocycles. The summed E-state index contributed by atoms with van der Waals surface area (Å²) in [5, 5.41) is 10.1. The third kappa shape index (κ3) is 2.32. The summed E-state index contributed by atoms with van der Waals surface area (Å²) in [4.78, 5) is 17.8. The summed E-state index contributed by atoms with van der Waals surface area (Å²) in [6.07, 6.45) is 0. The maximum Gasteiger partial charge on any atom is 0.335 e. The highest BCUT2D eigenvalue weighted by Gasteiger charge is 2.14. The lowest BCUT2D eigenvalue weighted by molar-refractivity contribution is 0.0697. The zero-order valence-electron chi connectivity index (χ0n) is 11.3. The molecule has 5 nitrogen and oxygen atoms in total. The third-order valence-corrected chi connectivity index (χ3v) is 3.59. The van der Waals surface area contributed by atoms with Gasteiger partial charge in [-0.25, -0.2) is 9.78 Å². The van der Waals surface area contributed by atoms with Crippen LogP contribution in [-0.2, 0) is 4.74 Å². The SMILES string of the molecule is Cc1cc(N2CCOCC2)nc2cc(C(=O)O)ccc12. The van der Waals surface area contributed by atoms with Gasteiger partial charge in [-0.2, -0.15) is 0 Å². The number of pyridine rings is 1. The lowest BCUT2D eigenvalue weighted by Crippen LogP contribution is -2.36. The minimum absolute atomic E-state index is 0.267. The van der Waals surface area contributed by atoms with Crippen molar-refractivity contribution in [2.75, 3.05) is 31.2 Å². The summed E-state index contributed by atoms with van der Waals surface area (Å²) < 4.78 is 5.34. The average Bonchev–Trinajstić information content (AvgIpc) is 2.47. The van der Waals surface area contributed by atoms with Crippen molar-refractivity contribution in [2.24, 2.45) is 0 Å². The van der Waals surface area contributed by atoms with Crippen molar-refractivity contribution in [3.8, 4) is 0 Å². The predicted octanol–water partition coefficient (Wildman–Crippen LogP) is 2.08. The lowest BCUT2D eigenvalue weighted by atomic mass is 10.1. The van der Waals surface area contributed by atoms with Crippen molar-refractivity contribution in [1.82, 2.24) is 4.98 Å². The van der Waals surface area contributed by atoms with E-state index in [1.54, 1.807) is 12.1 Å². The summed E-state index contributed by atoms with van der Waals surface area (Å²) in [6, 6.07) is 7.13. The molecule has 3 rings (SSSR count). The van der Waals surface area contributed by atoms with Crippen LogP contribution in [0.5, 0.6) is 0 Å². The standard InChI is InChI=1S/C15H16N2O3/c1-10-8-14(17-4-6-20-7-5-17)16-13-9-11(15(18)19)2-3-12(10)13/h2-3,8-9H,4-7H2,1H3,(H,18,19). The van der Waals surface area contributed by atoms with E-state index in [0.717, 1.165) is 35.4 Å². The topological polar surface area (TPSA) is 62.7 Å². The molecule has 0 unspecified atom stereocenters. The van der Waals surface area contributed by atoms with E-state index in [2.05, 4.69) is 9.88 Å². The van der Waals surface area contributed by atoms with Crippen LogP contribution in [0.25, 0.3) is 10.9 Å². The molecule has 1 aromatic carbocycles. The van der Waals surface area contributed by atoms with Crippen LogP contribution in [0.2, 0.25) is 0 Å². The van der Waals surface area contributed by atoms with Gasteiger partial charge in [0.1, 0.15) is 5.82 Å². The normalized spacial score (nSPS) is 15.6. The van der Waals surface area contributed by atoms with Crippen LogP contribution in [-0.4, -0.2) is 42.4 Å². The molecule has 2 aromatic rings. The quantitative estimate of drug-likeness (QED) is 0.906. The highest BCUT2D eigenvalue weighted by atomic mass is 16.5. The number of anilines is 1. The van der Waals surface area contributed by atoms with Gasteiger partial charge in [-0.15, -0.1) is 0 Å². The third-order valence-electron chi connectivity index (χ3n) is 3.59. The number of ether oxygens (including phenoxy) is 1. The molecule has 1 saturated heterocycles. The largest absolute Gasteiger partial charge is 0.478 e. The van der Waals surface area contributed by atoms with Gasteiger partial charge in [-0.05, 0) is 30.7 Å². The van der Waals surface area contributed by atoms with Crippen molar-refractivity contribution >= 4 is 22.7 Å². The number of morpholine rings is 1. The minimum Gasteiger partial charge on any atom is -0.478 e. The Hall–Kier alpha value is -2.14. The number of carbonyl (C=O) groups is 1. The molecule has 0 aliphatic carbocycles. The van der Waals surface area contributed by atoms with Gasteiger partial charge in [0.05, 0.1) is 24.3 Å². The van der Waals surface area contributed by atoms with Gasteiger partial charge in [0.25, 0.3) is 0 Å². The van der Waals surface area contributed by atoms with Crippen LogP contribution < -0.4 is 4.90 Å². The fraction of sp³-hybridized carbons (Fsp3) is 0.333. The molecule has 20 heavy (non-hydrogen) atoms. The molecule has 0 bridgehead atoms. The second-order valence-electron chi connectivity index (χ2n) is 4.93. The molecule has 0 saturated carbocycles. The molecule has 0 spiro atoms. The van der Waals surface area contributed by atoms with E-state index in [4.69, 9.17) is 9.84 Å². The first-order valence-electron chi connectivity index (χ1n) is 6.62. The molecule has 5 heteroatoms. The van der Waals surface area contributed by atoms with Crippen molar-refractivity contribution in [3.63, 3.8) is 0 Å². The molecule has 0 atom stereocenters. The van der Waals surface area contributed by atoms with E-state index in [0.29, 0.717) is 13.2 Å². The molecule has 0 amide bonds. The molecule has 2 heterocycles. The van der Waals surface area contributed by atoms with E-state index >= 15 is 0 Å². The van der Waals surface area contributed by atoms with Crippen LogP contribution in [0.15, 0.2) is 24.3 Å². The lowest BCUT2D eigenvalue weighted by Gasteiger charge is -2.28. The second kappa shape index (κ2) is 5.09. The van der Waals surface area contributed by atoms with Crippen molar-refractivity contribution < 1.29 is 14.6 Å². The van der Waals surface area contributed by atoms with Gasteiger partial charge in [-0.3, -0.25) is 0 Å². The number of nitrogens with zero attached hydrogens (tertiary/aromatic N) is 2. The first-order valence-corrected chi connectivity index (χ1v) is 6.62. The van der Waals surface area contributed by atoms with Crippen LogP contribution in [0.3, 0.4) is 0 Å². The Morgan fingerprint density at radius 3 is 2.75 bits per heavy atom. The Morgan fingerprint density at radius 1 is 1.30 bits per heavy atom. The van der Waals surface area contributed by atoms with Crippen LogP contribution in [0, 0.1) is 6.92 Å². The molecule has 1 fully saturated rings. The maximum absolute atomic E-state index is 11.1. The number of fused-ring (bicyclic) bond motifs is 1. The summed E-state index contributed by atoms with van der Waals surface area (Å²) >= 11 is 0. The van der Waals surface area contributed by atoms with Crippen molar-refractivity contribution in [1.29, 1.82) is 0 Å². The smallest absolute Gasteiger partial charge is 0.335 e. The molecule has 104 valence electrons. The van der Waals surface area contributed by atoms with E-state index in [9.17, 15) is 4.79 Å². The van der Waals surface area contributed by atoms with Crippen molar-refractivity contribution in [2.45, 2.75) is 6.92 Å². The number of aromatic carboxylic acids is 1. The molecule has 1 aromatic heterocycles. The number of hydrogen-bond donors (Lipinski definition) is 1. The van der Waals surface area contributed by atoms with Crippen LogP contribution in [0.1, 0.15) is 15.9 Å². The Balaban J connectivity index is 2.08. The van der Waals surface area contributed by atoms with Crippen molar-refractivity contribution in [3.05, 3.63) is 35.4 Å². The van der Waals surface area contributed by atoms with Gasteiger partial charge in [-0.1, -0.05) is 6.07 Å². The Bertz CT molecular complexity index is 663. The zero-order valence-corrected chi connectivity index (χ0v) is 11.3. The van der Waals surface area contributed by atoms with Gasteiger partial charge in [0.15, 0.2) is 0 Å². The summed E-state index contributed by atoms with van der Waals surface area (Å²) in [6.45, 7) is 5.06. The molecular formula is C15H16N2O3. The van der Waals surface area contributed by atoms with E-state index in [1.165, 1.54) is 0 Å². The van der Waals surface area contributed by atoms with E-state index < -0.39 is 5.97 Å². The number of aromatic nitrogens is 1. The summed E-state index contributed by atoms with van der Waals surface area (Å²) in [7, 11) is 0. The van der Waals surface area contributed by atoms with E-state index in [1.807, 2.05) is 19.1 Å². The van der Waals surface area contributed by atoms with Gasteiger partial charge in [0.2, 0.25) is 0 Å². The molecule has 1 aliphatic rings. The predicted molar refractivity (Wildman–Crippen MR) is 76.5 cm³/mol. The monoisotopic (exact) mass is 272 g/mol. The molecule has 0 radical (unpaired) electrons. The average molecular weight is 272 g/mol.